The van der Waals surface area contributed by atoms with E-state index in [9.17, 15) is 8.78 Å². The molecule has 0 amide bonds. The normalized spacial score (nSPS) is 20.5. The van der Waals surface area contributed by atoms with Crippen LogP contribution in [-0.4, -0.2) is 31.1 Å². The van der Waals surface area contributed by atoms with E-state index in [1.165, 1.54) is 38.7 Å². The molecular formula is C17H23F2N3O2S. The van der Waals surface area contributed by atoms with Crippen molar-refractivity contribution in [2.45, 2.75) is 45.3 Å². The minimum Gasteiger partial charge on any atom is -0.493 e. The van der Waals surface area contributed by atoms with Crippen LogP contribution < -0.4 is 20.2 Å². The zero-order chi connectivity index (χ0) is 18.2. The van der Waals surface area contributed by atoms with Crippen molar-refractivity contribution in [1.29, 1.82) is 0 Å². The van der Waals surface area contributed by atoms with E-state index in [0.29, 0.717) is 22.6 Å². The highest BCUT2D eigenvalue weighted by Gasteiger charge is 2.21. The Hall–Kier alpha value is -1.96. The Morgan fingerprint density at radius 2 is 2.08 bits per heavy atom. The van der Waals surface area contributed by atoms with Crippen molar-refractivity contribution in [1.82, 2.24) is 10.7 Å². The fourth-order valence-corrected chi connectivity index (χ4v) is 3.06. The largest absolute Gasteiger partial charge is 0.493 e. The third-order valence-corrected chi connectivity index (χ3v) is 4.42. The van der Waals surface area contributed by atoms with Gasteiger partial charge in [0.2, 0.25) is 0 Å². The van der Waals surface area contributed by atoms with Gasteiger partial charge >= 0.3 is 6.61 Å². The Kier molecular flexibility index (Phi) is 7.36. The molecule has 0 spiro atoms. The Balaban J connectivity index is 1.89. The summed E-state index contributed by atoms with van der Waals surface area (Å²) in [6.45, 7) is -0.682. The molecule has 8 heteroatoms. The van der Waals surface area contributed by atoms with Crippen LogP contribution in [0.4, 0.5) is 8.78 Å². The molecule has 2 rings (SSSR count). The Bertz CT molecular complexity index is 614. The van der Waals surface area contributed by atoms with Crippen molar-refractivity contribution < 1.29 is 18.3 Å². The van der Waals surface area contributed by atoms with Gasteiger partial charge in [-0.05, 0) is 54.7 Å². The Labute approximate surface area is 151 Å². The van der Waals surface area contributed by atoms with E-state index in [4.69, 9.17) is 17.0 Å². The number of methoxy groups -OCH3 is 1. The number of rotatable bonds is 6. The lowest BCUT2D eigenvalue weighted by Gasteiger charge is -2.30. The van der Waals surface area contributed by atoms with Gasteiger partial charge in [-0.2, -0.15) is 13.9 Å². The molecule has 1 saturated carbocycles. The molecule has 0 bridgehead atoms. The number of benzene rings is 1. The topological polar surface area (TPSA) is 54.9 Å². The SMILES string of the molecule is COc1cc(/C=N\NC(=S)N[C@H]2CCCC[C@H]2C)ccc1OC(F)F. The fraction of sp³-hybridized carbons (Fsp3) is 0.529. The lowest BCUT2D eigenvalue weighted by molar-refractivity contribution is -0.0512. The molecule has 138 valence electrons. The van der Waals surface area contributed by atoms with Gasteiger partial charge in [0.25, 0.3) is 0 Å². The van der Waals surface area contributed by atoms with Crippen molar-refractivity contribution in [3.8, 4) is 11.5 Å². The average molecular weight is 371 g/mol. The fourth-order valence-electron chi connectivity index (χ4n) is 2.85. The molecule has 1 aliphatic rings. The molecule has 25 heavy (non-hydrogen) atoms. The first-order valence-corrected chi connectivity index (χ1v) is 8.63. The predicted molar refractivity (Wildman–Crippen MR) is 97.5 cm³/mol. The van der Waals surface area contributed by atoms with Gasteiger partial charge in [-0.1, -0.05) is 19.8 Å². The van der Waals surface area contributed by atoms with Crippen molar-refractivity contribution in [2.24, 2.45) is 11.0 Å². The van der Waals surface area contributed by atoms with Gasteiger partial charge in [0.05, 0.1) is 13.3 Å². The van der Waals surface area contributed by atoms with Gasteiger partial charge < -0.3 is 14.8 Å². The maximum absolute atomic E-state index is 12.3. The maximum Gasteiger partial charge on any atom is 0.387 e. The summed E-state index contributed by atoms with van der Waals surface area (Å²) in [4.78, 5) is 0. The molecular weight excluding hydrogens is 348 g/mol. The summed E-state index contributed by atoms with van der Waals surface area (Å²) in [5.41, 5.74) is 3.45. The smallest absolute Gasteiger partial charge is 0.387 e. The lowest BCUT2D eigenvalue weighted by atomic mass is 9.86. The predicted octanol–water partition coefficient (Wildman–Crippen LogP) is 3.67. The molecule has 0 unspecified atom stereocenters. The highest BCUT2D eigenvalue weighted by Crippen LogP contribution is 2.29. The van der Waals surface area contributed by atoms with Crippen LogP contribution in [0.3, 0.4) is 0 Å². The van der Waals surface area contributed by atoms with E-state index in [0.717, 1.165) is 6.42 Å². The van der Waals surface area contributed by atoms with Crippen LogP contribution in [0, 0.1) is 5.92 Å². The third-order valence-electron chi connectivity index (χ3n) is 4.21. The first kappa shape index (κ1) is 19.4. The van der Waals surface area contributed by atoms with Crippen molar-refractivity contribution in [3.63, 3.8) is 0 Å². The van der Waals surface area contributed by atoms with E-state index in [1.807, 2.05) is 0 Å². The second-order valence-corrected chi connectivity index (χ2v) is 6.41. The number of alkyl halides is 2. The number of thiocarbonyl (C=S) groups is 1. The molecule has 5 nitrogen and oxygen atoms in total. The first-order chi connectivity index (χ1) is 12.0. The molecule has 1 aliphatic carbocycles. The molecule has 0 saturated heterocycles. The van der Waals surface area contributed by atoms with Gasteiger partial charge in [-0.25, -0.2) is 0 Å². The second kappa shape index (κ2) is 9.50. The van der Waals surface area contributed by atoms with Crippen molar-refractivity contribution >= 4 is 23.5 Å². The van der Waals surface area contributed by atoms with E-state index in [1.54, 1.807) is 12.1 Å². The number of halogens is 2. The number of hydrazone groups is 1. The lowest BCUT2D eigenvalue weighted by Crippen LogP contribution is -2.44. The summed E-state index contributed by atoms with van der Waals surface area (Å²) in [5.74, 6) is 0.774. The zero-order valence-electron chi connectivity index (χ0n) is 14.3. The highest BCUT2D eigenvalue weighted by atomic mass is 32.1. The van der Waals surface area contributed by atoms with Crippen molar-refractivity contribution in [3.05, 3.63) is 23.8 Å². The quantitative estimate of drug-likeness (QED) is 0.454. The number of nitrogens with one attached hydrogen (secondary N) is 2. The monoisotopic (exact) mass is 371 g/mol. The van der Waals surface area contributed by atoms with E-state index < -0.39 is 6.61 Å². The molecule has 1 aromatic carbocycles. The average Bonchev–Trinajstić information content (AvgIpc) is 2.57. The standard InChI is InChI=1S/C17H23F2N3O2S/c1-11-5-3-4-6-13(11)21-17(25)22-20-10-12-7-8-14(24-16(18)19)15(9-12)23-2/h7-11,13,16H,3-6H2,1-2H3,(H2,21,22,25)/b20-10-/t11-,13+/m1/s1. The molecule has 0 aliphatic heterocycles. The summed E-state index contributed by atoms with van der Waals surface area (Å²) >= 11 is 5.26. The van der Waals surface area contributed by atoms with E-state index >= 15 is 0 Å². The van der Waals surface area contributed by atoms with Crippen LogP contribution in [0.5, 0.6) is 11.5 Å². The van der Waals surface area contributed by atoms with Crippen LogP contribution in [0.2, 0.25) is 0 Å². The van der Waals surface area contributed by atoms with Crippen LogP contribution >= 0.6 is 12.2 Å². The minimum absolute atomic E-state index is 0.0221. The molecule has 0 heterocycles. The summed E-state index contributed by atoms with van der Waals surface area (Å²) < 4.78 is 34.1. The van der Waals surface area contributed by atoms with Gasteiger partial charge in [0.15, 0.2) is 16.6 Å². The molecule has 1 fully saturated rings. The molecule has 0 aromatic heterocycles. The molecule has 2 atom stereocenters. The van der Waals surface area contributed by atoms with Gasteiger partial charge in [-0.15, -0.1) is 0 Å². The molecule has 1 aromatic rings. The maximum atomic E-state index is 12.3. The van der Waals surface area contributed by atoms with Gasteiger partial charge in [-0.3, -0.25) is 5.43 Å². The highest BCUT2D eigenvalue weighted by molar-refractivity contribution is 7.80. The number of nitrogens with zero attached hydrogens (tertiary/aromatic N) is 1. The number of hydrogen-bond donors (Lipinski definition) is 2. The second-order valence-electron chi connectivity index (χ2n) is 6.00. The van der Waals surface area contributed by atoms with E-state index in [-0.39, 0.29) is 11.5 Å². The molecule has 2 N–H and O–H groups in total. The third kappa shape index (κ3) is 6.12. The number of ether oxygens (including phenoxy) is 2. The zero-order valence-corrected chi connectivity index (χ0v) is 15.1. The number of hydrogen-bond acceptors (Lipinski definition) is 4. The summed E-state index contributed by atoms with van der Waals surface area (Å²) in [7, 11) is 1.39. The molecule has 0 radical (unpaired) electrons. The summed E-state index contributed by atoms with van der Waals surface area (Å²) in [6, 6.07) is 4.94. The van der Waals surface area contributed by atoms with E-state index in [2.05, 4.69) is 27.5 Å². The van der Waals surface area contributed by atoms with Crippen LogP contribution in [0.15, 0.2) is 23.3 Å². The minimum atomic E-state index is -2.90. The van der Waals surface area contributed by atoms with Crippen LogP contribution in [0.1, 0.15) is 38.2 Å². The van der Waals surface area contributed by atoms with Crippen LogP contribution in [-0.2, 0) is 0 Å². The summed E-state index contributed by atoms with van der Waals surface area (Å²) in [5, 5.41) is 7.83. The Morgan fingerprint density at radius 3 is 2.76 bits per heavy atom. The van der Waals surface area contributed by atoms with Gasteiger partial charge in [0, 0.05) is 6.04 Å². The summed E-state index contributed by atoms with van der Waals surface area (Å²) in [6.07, 6.45) is 6.32. The van der Waals surface area contributed by atoms with Gasteiger partial charge in [0.1, 0.15) is 0 Å². The van der Waals surface area contributed by atoms with Crippen LogP contribution in [0.25, 0.3) is 0 Å². The first-order valence-electron chi connectivity index (χ1n) is 8.22. The van der Waals surface area contributed by atoms with Crippen molar-refractivity contribution in [2.75, 3.05) is 7.11 Å². The Morgan fingerprint density at radius 1 is 1.32 bits per heavy atom.